The third kappa shape index (κ3) is 7.71. The Hall–Kier alpha value is -4.07. The predicted molar refractivity (Wildman–Crippen MR) is 149 cm³/mol. The van der Waals surface area contributed by atoms with Crippen molar-refractivity contribution in [3.8, 4) is 11.5 Å². The Bertz CT molecular complexity index is 1450. The van der Waals surface area contributed by atoms with Gasteiger partial charge >= 0.3 is 5.97 Å². The molecule has 0 aliphatic rings. The largest absolute Gasteiger partial charge is 0.457 e. The molecule has 4 aromatic carbocycles. The Morgan fingerprint density at radius 2 is 1.42 bits per heavy atom. The molecule has 0 aliphatic heterocycles. The Morgan fingerprint density at radius 1 is 0.711 bits per heavy atom. The van der Waals surface area contributed by atoms with Crippen LogP contribution in [-0.2, 0) is 19.1 Å². The van der Waals surface area contributed by atoms with Crippen LogP contribution in [0.3, 0.4) is 0 Å². The van der Waals surface area contributed by atoms with E-state index in [0.717, 1.165) is 16.5 Å². The third-order valence-electron chi connectivity index (χ3n) is 5.47. The fourth-order valence-corrected chi connectivity index (χ4v) is 3.92. The van der Waals surface area contributed by atoms with Crippen LogP contribution in [0.2, 0.25) is 10.0 Å². The summed E-state index contributed by atoms with van der Waals surface area (Å²) < 4.78 is 11.0. The number of anilines is 2. The van der Waals surface area contributed by atoms with E-state index in [0.29, 0.717) is 27.2 Å². The molecule has 0 bridgehead atoms. The second-order valence-corrected chi connectivity index (χ2v) is 9.16. The molecule has 7 nitrogen and oxygen atoms in total. The van der Waals surface area contributed by atoms with Gasteiger partial charge in [-0.2, -0.15) is 0 Å². The molecule has 0 spiro atoms. The molecule has 4 aromatic rings. The number of hydrogen-bond acceptors (Lipinski definition) is 5. The average Bonchev–Trinajstić information content (AvgIpc) is 2.91. The van der Waals surface area contributed by atoms with E-state index in [1.807, 2.05) is 42.5 Å². The van der Waals surface area contributed by atoms with Crippen LogP contribution in [0.5, 0.6) is 11.5 Å². The molecule has 0 atom stereocenters. The number of amides is 2. The lowest BCUT2D eigenvalue weighted by Crippen LogP contribution is -2.21. The summed E-state index contributed by atoms with van der Waals surface area (Å²) in [5, 5.41) is 8.11. The lowest BCUT2D eigenvalue weighted by atomic mass is 10.1. The first-order valence-electron chi connectivity index (χ1n) is 11.8. The second kappa shape index (κ2) is 12.9. The van der Waals surface area contributed by atoms with Crippen molar-refractivity contribution in [1.29, 1.82) is 0 Å². The van der Waals surface area contributed by atoms with E-state index in [9.17, 15) is 14.4 Å². The number of hydrogen-bond donors (Lipinski definition) is 2. The topological polar surface area (TPSA) is 93.7 Å². The van der Waals surface area contributed by atoms with Gasteiger partial charge in [-0.25, -0.2) is 0 Å². The fourth-order valence-electron chi connectivity index (χ4n) is 3.62. The maximum atomic E-state index is 12.3. The van der Waals surface area contributed by atoms with Crippen molar-refractivity contribution in [3.05, 3.63) is 95.0 Å². The lowest BCUT2D eigenvalue weighted by Gasteiger charge is -2.10. The van der Waals surface area contributed by atoms with E-state index < -0.39 is 18.5 Å². The zero-order chi connectivity index (χ0) is 26.9. The number of rotatable bonds is 10. The van der Waals surface area contributed by atoms with Gasteiger partial charge in [-0.1, -0.05) is 59.6 Å². The first-order valence-corrected chi connectivity index (χ1v) is 12.6. The number of carbonyl (C=O) groups excluding carboxylic acids is 3. The van der Waals surface area contributed by atoms with Gasteiger partial charge < -0.3 is 20.1 Å². The maximum absolute atomic E-state index is 12.3. The van der Waals surface area contributed by atoms with Crippen molar-refractivity contribution in [2.45, 2.75) is 19.3 Å². The summed E-state index contributed by atoms with van der Waals surface area (Å²) >= 11 is 11.7. The molecule has 0 fully saturated rings. The molecule has 0 aromatic heterocycles. The number of esters is 1. The van der Waals surface area contributed by atoms with Crippen LogP contribution in [0.15, 0.2) is 84.9 Å². The maximum Gasteiger partial charge on any atom is 0.306 e. The average molecular weight is 551 g/mol. The van der Waals surface area contributed by atoms with Crippen molar-refractivity contribution in [2.75, 3.05) is 17.2 Å². The van der Waals surface area contributed by atoms with Gasteiger partial charge in [0.2, 0.25) is 5.91 Å². The summed E-state index contributed by atoms with van der Waals surface area (Å²) in [6.45, 7) is -0.446. The van der Waals surface area contributed by atoms with Gasteiger partial charge in [0, 0.05) is 29.6 Å². The van der Waals surface area contributed by atoms with Gasteiger partial charge in [-0.3, -0.25) is 14.4 Å². The minimum atomic E-state index is -0.572. The quantitative estimate of drug-likeness (QED) is 0.203. The van der Waals surface area contributed by atoms with Crippen LogP contribution in [0.25, 0.3) is 10.8 Å². The summed E-state index contributed by atoms with van der Waals surface area (Å²) in [6.07, 6.45) is 0.408. The normalized spacial score (nSPS) is 10.6. The molecule has 194 valence electrons. The summed E-state index contributed by atoms with van der Waals surface area (Å²) in [6, 6.07) is 25.5. The molecular formula is C29H24Cl2N2O5. The number of fused-ring (bicyclic) bond motifs is 1. The van der Waals surface area contributed by atoms with Gasteiger partial charge in [0.05, 0.1) is 10.0 Å². The lowest BCUT2D eigenvalue weighted by molar-refractivity contribution is -0.147. The highest BCUT2D eigenvalue weighted by molar-refractivity contribution is 6.42. The molecule has 0 saturated carbocycles. The van der Waals surface area contributed by atoms with Gasteiger partial charge in [0.15, 0.2) is 6.61 Å². The molecule has 38 heavy (non-hydrogen) atoms. The van der Waals surface area contributed by atoms with E-state index in [1.54, 1.807) is 36.4 Å². The van der Waals surface area contributed by atoms with Crippen LogP contribution >= 0.6 is 23.2 Å². The Morgan fingerprint density at radius 3 is 2.21 bits per heavy atom. The predicted octanol–water partition coefficient (Wildman–Crippen LogP) is 7.23. The highest BCUT2D eigenvalue weighted by atomic mass is 35.5. The first kappa shape index (κ1) is 27.0. The fraction of sp³-hybridized carbons (Fsp3) is 0.138. The molecular weight excluding hydrogens is 527 g/mol. The van der Waals surface area contributed by atoms with Crippen molar-refractivity contribution >= 4 is 63.1 Å². The smallest absolute Gasteiger partial charge is 0.306 e. The van der Waals surface area contributed by atoms with Crippen LogP contribution in [0.4, 0.5) is 11.4 Å². The molecule has 4 rings (SSSR count). The number of carbonyl (C=O) groups is 3. The minimum Gasteiger partial charge on any atom is -0.457 e. The number of ether oxygens (including phenoxy) is 2. The molecule has 2 amide bonds. The van der Waals surface area contributed by atoms with E-state index in [-0.39, 0.29) is 25.2 Å². The Kier molecular flexibility index (Phi) is 9.19. The van der Waals surface area contributed by atoms with Gasteiger partial charge in [-0.15, -0.1) is 0 Å². The first-order chi connectivity index (χ1) is 18.4. The monoisotopic (exact) mass is 550 g/mol. The van der Waals surface area contributed by atoms with Crippen molar-refractivity contribution in [1.82, 2.24) is 0 Å². The van der Waals surface area contributed by atoms with Crippen LogP contribution in [0, 0.1) is 0 Å². The molecule has 2 N–H and O–H groups in total. The third-order valence-corrected chi connectivity index (χ3v) is 6.21. The number of nitrogens with one attached hydrogen (secondary N) is 2. The van der Waals surface area contributed by atoms with Gasteiger partial charge in [0.1, 0.15) is 11.5 Å². The minimum absolute atomic E-state index is 0.00524. The highest BCUT2D eigenvalue weighted by Gasteiger charge is 2.11. The zero-order valence-corrected chi connectivity index (χ0v) is 21.7. The second-order valence-electron chi connectivity index (χ2n) is 8.34. The summed E-state index contributed by atoms with van der Waals surface area (Å²) in [4.78, 5) is 36.1. The summed E-state index contributed by atoms with van der Waals surface area (Å²) in [5.74, 6) is 0.0705. The molecule has 9 heteroatoms. The SMILES string of the molecule is O=C(CCCC(=O)OCC(=O)Nc1ccc(Cl)c(Cl)c1)Nc1ccc(Oc2cccc3ccccc23)cc1. The summed E-state index contributed by atoms with van der Waals surface area (Å²) in [7, 11) is 0. The highest BCUT2D eigenvalue weighted by Crippen LogP contribution is 2.30. The zero-order valence-electron chi connectivity index (χ0n) is 20.2. The van der Waals surface area contributed by atoms with Gasteiger partial charge in [-0.05, 0) is 60.3 Å². The number of halogens is 2. The van der Waals surface area contributed by atoms with E-state index in [4.69, 9.17) is 32.7 Å². The standard InChI is InChI=1S/C29H24Cl2N2O5/c30-24-16-13-21(17-25(24)31)33-28(35)18-37-29(36)10-4-9-27(34)32-20-11-14-22(15-12-20)38-26-8-3-6-19-5-1-2-7-23(19)26/h1-3,5-8,11-17H,4,9-10,18H2,(H,32,34)(H,33,35). The Labute approximate surface area is 229 Å². The molecule has 0 radical (unpaired) electrons. The molecule has 0 unspecified atom stereocenters. The van der Waals surface area contributed by atoms with E-state index in [1.165, 1.54) is 6.07 Å². The summed E-state index contributed by atoms with van der Waals surface area (Å²) in [5.41, 5.74) is 1.05. The molecule has 0 saturated heterocycles. The Balaban J connectivity index is 1.16. The number of benzene rings is 4. The van der Waals surface area contributed by atoms with Crippen LogP contribution in [0.1, 0.15) is 19.3 Å². The van der Waals surface area contributed by atoms with Crippen molar-refractivity contribution in [2.24, 2.45) is 0 Å². The van der Waals surface area contributed by atoms with Crippen LogP contribution in [-0.4, -0.2) is 24.4 Å². The van der Waals surface area contributed by atoms with Crippen molar-refractivity contribution < 1.29 is 23.9 Å². The van der Waals surface area contributed by atoms with E-state index >= 15 is 0 Å². The molecule has 0 heterocycles. The molecule has 0 aliphatic carbocycles. The van der Waals surface area contributed by atoms with Crippen molar-refractivity contribution in [3.63, 3.8) is 0 Å². The van der Waals surface area contributed by atoms with Gasteiger partial charge in [0.25, 0.3) is 5.91 Å². The van der Waals surface area contributed by atoms with E-state index in [2.05, 4.69) is 10.6 Å². The van der Waals surface area contributed by atoms with Crippen LogP contribution < -0.4 is 15.4 Å².